The lowest BCUT2D eigenvalue weighted by molar-refractivity contribution is -0.129. The van der Waals surface area contributed by atoms with Crippen LogP contribution in [0.15, 0.2) is 0 Å². The van der Waals surface area contributed by atoms with Gasteiger partial charge in [0.1, 0.15) is 0 Å². The molecule has 1 nitrogen and oxygen atoms in total. The molecule has 0 aliphatic carbocycles. The fraction of sp³-hybridized carbons (Fsp3) is 1.00. The zero-order valence-corrected chi connectivity index (χ0v) is 6.98. The second kappa shape index (κ2) is 7.92. The summed E-state index contributed by atoms with van der Waals surface area (Å²) in [5.74, 6) is 0. The van der Waals surface area contributed by atoms with Gasteiger partial charge in [-0.05, 0) is 6.42 Å². The van der Waals surface area contributed by atoms with E-state index >= 15 is 0 Å². The van der Waals surface area contributed by atoms with Gasteiger partial charge in [-0.25, -0.2) is 0 Å². The Bertz CT molecular complexity index is 76.5. The van der Waals surface area contributed by atoms with Gasteiger partial charge in [0.2, 0.25) is 0 Å². The quantitative estimate of drug-likeness (QED) is 0.528. The third kappa shape index (κ3) is 9.82. The first-order valence-corrected chi connectivity index (χ1v) is 4.17. The average Bonchev–Trinajstić information content (AvgIpc) is 1.96. The van der Waals surface area contributed by atoms with Gasteiger partial charge >= 0.3 is 6.61 Å². The third-order valence-electron chi connectivity index (χ3n) is 1.49. The van der Waals surface area contributed by atoms with Crippen molar-refractivity contribution >= 4 is 0 Å². The van der Waals surface area contributed by atoms with Crippen LogP contribution in [-0.4, -0.2) is 13.2 Å². The van der Waals surface area contributed by atoms with Crippen molar-refractivity contribution in [1.82, 2.24) is 0 Å². The highest BCUT2D eigenvalue weighted by atomic mass is 19.3. The van der Waals surface area contributed by atoms with Crippen molar-refractivity contribution in [2.75, 3.05) is 6.61 Å². The van der Waals surface area contributed by atoms with E-state index in [2.05, 4.69) is 11.7 Å². The summed E-state index contributed by atoms with van der Waals surface area (Å²) in [6.45, 7) is -0.280. The standard InChI is InChI=1S/C8H16F2O/c1-2-3-4-5-6-7-11-8(9)10/h8H,2-7H2,1H3. The number of halogens is 2. The van der Waals surface area contributed by atoms with Crippen LogP contribution >= 0.6 is 0 Å². The number of hydrogen-bond donors (Lipinski definition) is 0. The van der Waals surface area contributed by atoms with Crippen molar-refractivity contribution < 1.29 is 13.5 Å². The van der Waals surface area contributed by atoms with Gasteiger partial charge < -0.3 is 4.74 Å². The highest BCUT2D eigenvalue weighted by molar-refractivity contribution is 4.40. The normalized spacial score (nSPS) is 10.9. The maximum absolute atomic E-state index is 11.4. The molecule has 0 rings (SSSR count). The van der Waals surface area contributed by atoms with E-state index in [-0.39, 0.29) is 6.61 Å². The number of alkyl halides is 2. The Morgan fingerprint density at radius 2 is 1.73 bits per heavy atom. The van der Waals surface area contributed by atoms with Crippen molar-refractivity contribution in [3.63, 3.8) is 0 Å². The van der Waals surface area contributed by atoms with E-state index in [9.17, 15) is 8.78 Å². The molecule has 0 radical (unpaired) electrons. The van der Waals surface area contributed by atoms with Crippen molar-refractivity contribution in [2.24, 2.45) is 0 Å². The van der Waals surface area contributed by atoms with Gasteiger partial charge in [-0.1, -0.05) is 32.6 Å². The van der Waals surface area contributed by atoms with Crippen LogP contribution in [0.2, 0.25) is 0 Å². The van der Waals surface area contributed by atoms with Crippen LogP contribution in [0.4, 0.5) is 8.78 Å². The minimum absolute atomic E-state index is 0.196. The molecule has 3 heteroatoms. The summed E-state index contributed by atoms with van der Waals surface area (Å²) in [7, 11) is 0. The van der Waals surface area contributed by atoms with Crippen LogP contribution in [-0.2, 0) is 4.74 Å². The molecule has 0 fully saturated rings. The van der Waals surface area contributed by atoms with Gasteiger partial charge in [0.25, 0.3) is 0 Å². The molecule has 0 atom stereocenters. The lowest BCUT2D eigenvalue weighted by Gasteiger charge is -2.01. The van der Waals surface area contributed by atoms with E-state index in [1.807, 2.05) is 0 Å². The molecule has 0 aliphatic heterocycles. The molecule has 0 aromatic heterocycles. The SMILES string of the molecule is CCCCCCCOC(F)F. The first-order chi connectivity index (χ1) is 5.27. The number of ether oxygens (including phenoxy) is 1. The van der Waals surface area contributed by atoms with Gasteiger partial charge in [-0.15, -0.1) is 0 Å². The van der Waals surface area contributed by atoms with Crippen LogP contribution in [0, 0.1) is 0 Å². The number of unbranched alkanes of at least 4 members (excludes halogenated alkanes) is 4. The largest absolute Gasteiger partial charge is 0.345 e. The van der Waals surface area contributed by atoms with E-state index in [1.54, 1.807) is 0 Å². The first-order valence-electron chi connectivity index (χ1n) is 4.17. The number of hydrogen-bond acceptors (Lipinski definition) is 1. The molecule has 0 saturated carbocycles. The van der Waals surface area contributed by atoms with Crippen LogP contribution < -0.4 is 0 Å². The van der Waals surface area contributed by atoms with Crippen molar-refractivity contribution in [2.45, 2.75) is 45.6 Å². The van der Waals surface area contributed by atoms with Crippen LogP contribution in [0.5, 0.6) is 0 Å². The highest BCUT2D eigenvalue weighted by Gasteiger charge is 1.99. The molecule has 0 amide bonds. The fourth-order valence-electron chi connectivity index (χ4n) is 0.878. The summed E-state index contributed by atoms with van der Waals surface area (Å²) in [5, 5.41) is 0. The van der Waals surface area contributed by atoms with Crippen LogP contribution in [0.25, 0.3) is 0 Å². The Kier molecular flexibility index (Phi) is 7.79. The molecule has 0 aromatic carbocycles. The van der Waals surface area contributed by atoms with Crippen LogP contribution in [0.1, 0.15) is 39.0 Å². The molecule has 0 N–H and O–H groups in total. The molecule has 0 unspecified atom stereocenters. The lowest BCUT2D eigenvalue weighted by atomic mass is 10.2. The smallest absolute Gasteiger partial charge is 0.323 e. The minimum atomic E-state index is -2.60. The van der Waals surface area contributed by atoms with Crippen molar-refractivity contribution in [1.29, 1.82) is 0 Å². The monoisotopic (exact) mass is 166 g/mol. The summed E-state index contributed by atoms with van der Waals surface area (Å²) < 4.78 is 26.9. The maximum atomic E-state index is 11.4. The summed E-state index contributed by atoms with van der Waals surface area (Å²) >= 11 is 0. The molecule has 0 saturated heterocycles. The highest BCUT2D eigenvalue weighted by Crippen LogP contribution is 2.03. The predicted octanol–water partition coefficient (Wildman–Crippen LogP) is 3.20. The third-order valence-corrected chi connectivity index (χ3v) is 1.49. The molecule has 0 spiro atoms. The summed E-state index contributed by atoms with van der Waals surface area (Å²) in [4.78, 5) is 0. The molecular formula is C8H16F2O. The maximum Gasteiger partial charge on any atom is 0.345 e. The number of rotatable bonds is 7. The van der Waals surface area contributed by atoms with Crippen molar-refractivity contribution in [3.8, 4) is 0 Å². The molecule has 0 bridgehead atoms. The molecule has 68 valence electrons. The molecule has 0 aliphatic rings. The Morgan fingerprint density at radius 1 is 1.09 bits per heavy atom. The lowest BCUT2D eigenvalue weighted by Crippen LogP contribution is -2.00. The average molecular weight is 166 g/mol. The second-order valence-corrected chi connectivity index (χ2v) is 2.55. The summed E-state index contributed by atoms with van der Waals surface area (Å²) in [5.41, 5.74) is 0. The Balaban J connectivity index is 2.80. The van der Waals surface area contributed by atoms with Gasteiger partial charge in [-0.3, -0.25) is 0 Å². The van der Waals surface area contributed by atoms with Gasteiger partial charge in [-0.2, -0.15) is 8.78 Å². The predicted molar refractivity (Wildman–Crippen MR) is 40.7 cm³/mol. The summed E-state index contributed by atoms with van der Waals surface area (Å²) in [6, 6.07) is 0. The summed E-state index contributed by atoms with van der Waals surface area (Å²) in [6.07, 6.45) is 5.25. The van der Waals surface area contributed by atoms with Crippen molar-refractivity contribution in [3.05, 3.63) is 0 Å². The Hall–Kier alpha value is -0.180. The van der Waals surface area contributed by atoms with Gasteiger partial charge in [0.15, 0.2) is 0 Å². The molecule has 0 aromatic rings. The fourth-order valence-corrected chi connectivity index (χ4v) is 0.878. The van der Waals surface area contributed by atoms with Crippen LogP contribution in [0.3, 0.4) is 0 Å². The van der Waals surface area contributed by atoms with E-state index in [0.29, 0.717) is 0 Å². The van der Waals surface area contributed by atoms with E-state index in [0.717, 1.165) is 19.3 Å². The van der Waals surface area contributed by atoms with Gasteiger partial charge in [0, 0.05) is 0 Å². The first kappa shape index (κ1) is 10.8. The van der Waals surface area contributed by atoms with E-state index < -0.39 is 6.61 Å². The van der Waals surface area contributed by atoms with Gasteiger partial charge in [0.05, 0.1) is 6.61 Å². The van der Waals surface area contributed by atoms with E-state index in [4.69, 9.17) is 0 Å². The molecule has 11 heavy (non-hydrogen) atoms. The molecule has 0 heterocycles. The zero-order chi connectivity index (χ0) is 8.53. The zero-order valence-electron chi connectivity index (χ0n) is 6.98. The topological polar surface area (TPSA) is 9.23 Å². The van der Waals surface area contributed by atoms with E-state index in [1.165, 1.54) is 12.8 Å². The minimum Gasteiger partial charge on any atom is -0.323 e. The Morgan fingerprint density at radius 3 is 2.27 bits per heavy atom. The molecular weight excluding hydrogens is 150 g/mol. The Labute approximate surface area is 66.7 Å². The second-order valence-electron chi connectivity index (χ2n) is 2.55.